The standard InChI is InChI=1S/C18H24N4O5/c1-2-19-18(20-10-9-16-4-3-11-26-16)21-12-15(23)13-27-17-7-5-14(6-8-17)22(24)25/h3-8,11,15,23H,2,9-10,12-13H2,1H3,(H2,19,20,21). The van der Waals surface area contributed by atoms with E-state index in [-0.39, 0.29) is 18.8 Å². The summed E-state index contributed by atoms with van der Waals surface area (Å²) in [6.07, 6.45) is 1.56. The Hall–Kier alpha value is -3.07. The Morgan fingerprint density at radius 3 is 2.74 bits per heavy atom. The molecule has 27 heavy (non-hydrogen) atoms. The lowest BCUT2D eigenvalue weighted by atomic mass is 10.3. The largest absolute Gasteiger partial charge is 0.491 e. The Balaban J connectivity index is 1.75. The molecule has 146 valence electrons. The average Bonchev–Trinajstić information content (AvgIpc) is 3.18. The molecular formula is C18H24N4O5. The lowest BCUT2D eigenvalue weighted by Gasteiger charge is -2.13. The molecule has 2 rings (SSSR count). The van der Waals surface area contributed by atoms with Gasteiger partial charge < -0.3 is 24.9 Å². The molecule has 1 unspecified atom stereocenters. The van der Waals surface area contributed by atoms with E-state index < -0.39 is 11.0 Å². The van der Waals surface area contributed by atoms with Gasteiger partial charge >= 0.3 is 0 Å². The second-order valence-corrected chi connectivity index (χ2v) is 5.69. The van der Waals surface area contributed by atoms with Crippen molar-refractivity contribution in [3.05, 3.63) is 58.5 Å². The first-order valence-electron chi connectivity index (χ1n) is 8.68. The zero-order chi connectivity index (χ0) is 19.5. The number of nitrogens with one attached hydrogen (secondary N) is 2. The molecule has 3 N–H and O–H groups in total. The third kappa shape index (κ3) is 7.37. The molecule has 1 aromatic carbocycles. The maximum absolute atomic E-state index is 10.6. The highest BCUT2D eigenvalue weighted by atomic mass is 16.6. The molecule has 0 saturated heterocycles. The van der Waals surface area contributed by atoms with E-state index in [0.29, 0.717) is 24.8 Å². The van der Waals surface area contributed by atoms with Crippen LogP contribution in [0.15, 0.2) is 52.1 Å². The smallest absolute Gasteiger partial charge is 0.269 e. The molecule has 0 bridgehead atoms. The van der Waals surface area contributed by atoms with Crippen LogP contribution in [-0.2, 0) is 6.42 Å². The van der Waals surface area contributed by atoms with Crippen LogP contribution in [0.2, 0.25) is 0 Å². The summed E-state index contributed by atoms with van der Waals surface area (Å²) >= 11 is 0. The van der Waals surface area contributed by atoms with Crippen LogP contribution in [0.4, 0.5) is 5.69 Å². The Labute approximate surface area is 157 Å². The van der Waals surface area contributed by atoms with Crippen LogP contribution in [0.25, 0.3) is 0 Å². The van der Waals surface area contributed by atoms with Gasteiger partial charge in [0, 0.05) is 31.6 Å². The van der Waals surface area contributed by atoms with Gasteiger partial charge in [0.25, 0.3) is 5.69 Å². The molecule has 0 amide bonds. The molecule has 0 spiro atoms. The van der Waals surface area contributed by atoms with Gasteiger partial charge in [-0.3, -0.25) is 15.1 Å². The van der Waals surface area contributed by atoms with Gasteiger partial charge in [-0.2, -0.15) is 0 Å². The number of aliphatic hydroxyl groups excluding tert-OH is 1. The predicted octanol–water partition coefficient (Wildman–Crippen LogP) is 1.73. The summed E-state index contributed by atoms with van der Waals surface area (Å²) in [6.45, 7) is 3.49. The number of nitrogens with zero attached hydrogens (tertiary/aromatic N) is 2. The number of aliphatic hydroxyl groups is 1. The molecule has 9 nitrogen and oxygen atoms in total. The molecule has 0 aliphatic heterocycles. The van der Waals surface area contributed by atoms with Crippen LogP contribution in [0.3, 0.4) is 0 Å². The van der Waals surface area contributed by atoms with Crippen LogP contribution in [0.5, 0.6) is 5.75 Å². The van der Waals surface area contributed by atoms with E-state index >= 15 is 0 Å². The van der Waals surface area contributed by atoms with E-state index in [1.165, 1.54) is 24.3 Å². The molecule has 0 saturated carbocycles. The van der Waals surface area contributed by atoms with Gasteiger partial charge in [-0.15, -0.1) is 0 Å². The molecule has 1 aromatic heterocycles. The molecule has 0 radical (unpaired) electrons. The fraction of sp³-hybridized carbons (Fsp3) is 0.389. The zero-order valence-corrected chi connectivity index (χ0v) is 15.1. The number of ether oxygens (including phenoxy) is 1. The van der Waals surface area contributed by atoms with Crippen molar-refractivity contribution in [2.75, 3.05) is 26.2 Å². The number of benzene rings is 1. The Morgan fingerprint density at radius 2 is 2.11 bits per heavy atom. The second kappa shape index (κ2) is 10.8. The summed E-state index contributed by atoms with van der Waals surface area (Å²) in [4.78, 5) is 14.5. The van der Waals surface area contributed by atoms with Crippen molar-refractivity contribution >= 4 is 11.6 Å². The van der Waals surface area contributed by atoms with Gasteiger partial charge in [0.1, 0.15) is 24.2 Å². The zero-order valence-electron chi connectivity index (χ0n) is 15.1. The van der Waals surface area contributed by atoms with E-state index in [0.717, 1.165) is 12.2 Å². The maximum atomic E-state index is 10.6. The SMILES string of the molecule is CCNC(=NCC(O)COc1ccc([N+](=O)[O-])cc1)NCCc1ccco1. The lowest BCUT2D eigenvalue weighted by Crippen LogP contribution is -2.39. The molecule has 0 fully saturated rings. The normalized spacial score (nSPS) is 12.4. The number of nitro benzene ring substituents is 1. The van der Waals surface area contributed by atoms with E-state index in [1.807, 2.05) is 19.1 Å². The molecule has 2 aromatic rings. The maximum Gasteiger partial charge on any atom is 0.269 e. The number of rotatable bonds is 10. The molecular weight excluding hydrogens is 352 g/mol. The van der Waals surface area contributed by atoms with E-state index in [4.69, 9.17) is 9.15 Å². The van der Waals surface area contributed by atoms with Crippen molar-refractivity contribution in [1.29, 1.82) is 0 Å². The summed E-state index contributed by atoms with van der Waals surface area (Å²) < 4.78 is 10.7. The minimum atomic E-state index is -0.805. The van der Waals surface area contributed by atoms with Crippen LogP contribution in [0.1, 0.15) is 12.7 Å². The van der Waals surface area contributed by atoms with Gasteiger partial charge in [-0.25, -0.2) is 0 Å². The minimum Gasteiger partial charge on any atom is -0.491 e. The number of hydrogen-bond acceptors (Lipinski definition) is 6. The van der Waals surface area contributed by atoms with Gasteiger partial charge in [0.05, 0.1) is 17.7 Å². The fourth-order valence-electron chi connectivity index (χ4n) is 2.21. The van der Waals surface area contributed by atoms with Gasteiger partial charge in [0.2, 0.25) is 0 Å². The summed E-state index contributed by atoms with van der Waals surface area (Å²) in [7, 11) is 0. The lowest BCUT2D eigenvalue weighted by molar-refractivity contribution is -0.384. The average molecular weight is 376 g/mol. The summed E-state index contributed by atoms with van der Waals surface area (Å²) in [5.74, 6) is 1.93. The topological polar surface area (TPSA) is 122 Å². The highest BCUT2D eigenvalue weighted by molar-refractivity contribution is 5.79. The van der Waals surface area contributed by atoms with Gasteiger partial charge in [-0.1, -0.05) is 0 Å². The Morgan fingerprint density at radius 1 is 1.33 bits per heavy atom. The molecule has 1 atom stereocenters. The first kappa shape index (κ1) is 20.2. The second-order valence-electron chi connectivity index (χ2n) is 5.69. The quantitative estimate of drug-likeness (QED) is 0.250. The third-order valence-electron chi connectivity index (χ3n) is 3.54. The van der Waals surface area contributed by atoms with E-state index in [1.54, 1.807) is 6.26 Å². The van der Waals surface area contributed by atoms with Crippen molar-refractivity contribution in [2.45, 2.75) is 19.4 Å². The van der Waals surface area contributed by atoms with E-state index in [2.05, 4.69) is 15.6 Å². The van der Waals surface area contributed by atoms with Crippen molar-refractivity contribution in [3.8, 4) is 5.75 Å². The number of aliphatic imine (C=N–C) groups is 1. The van der Waals surface area contributed by atoms with Crippen molar-refractivity contribution in [1.82, 2.24) is 10.6 Å². The van der Waals surface area contributed by atoms with Crippen molar-refractivity contribution in [2.24, 2.45) is 4.99 Å². The highest BCUT2D eigenvalue weighted by Crippen LogP contribution is 2.17. The fourth-order valence-corrected chi connectivity index (χ4v) is 2.21. The number of non-ortho nitro benzene ring substituents is 1. The third-order valence-corrected chi connectivity index (χ3v) is 3.54. The first-order valence-corrected chi connectivity index (χ1v) is 8.68. The van der Waals surface area contributed by atoms with Crippen LogP contribution < -0.4 is 15.4 Å². The van der Waals surface area contributed by atoms with Crippen molar-refractivity contribution < 1.29 is 19.2 Å². The predicted molar refractivity (Wildman–Crippen MR) is 101 cm³/mol. The molecule has 0 aliphatic rings. The van der Waals surface area contributed by atoms with Crippen molar-refractivity contribution in [3.63, 3.8) is 0 Å². The number of nitro groups is 1. The Bertz CT molecular complexity index is 716. The van der Waals surface area contributed by atoms with Crippen LogP contribution >= 0.6 is 0 Å². The summed E-state index contributed by atoms with van der Waals surface area (Å²) in [5.41, 5.74) is -0.0107. The number of furan rings is 1. The van der Waals surface area contributed by atoms with Crippen LogP contribution in [-0.4, -0.2) is 48.3 Å². The first-order chi connectivity index (χ1) is 13.1. The molecule has 9 heteroatoms. The van der Waals surface area contributed by atoms with Gasteiger partial charge in [-0.05, 0) is 31.2 Å². The Kier molecular flexibility index (Phi) is 8.11. The van der Waals surface area contributed by atoms with E-state index in [9.17, 15) is 15.2 Å². The minimum absolute atomic E-state index is 0.0107. The monoisotopic (exact) mass is 376 g/mol. The number of hydrogen-bond donors (Lipinski definition) is 3. The van der Waals surface area contributed by atoms with Gasteiger partial charge in [0.15, 0.2) is 5.96 Å². The summed E-state index contributed by atoms with van der Waals surface area (Å²) in [6, 6.07) is 9.45. The number of guanidine groups is 1. The highest BCUT2D eigenvalue weighted by Gasteiger charge is 2.08. The molecule has 1 heterocycles. The summed E-state index contributed by atoms with van der Waals surface area (Å²) in [5, 5.41) is 26.9. The molecule has 0 aliphatic carbocycles. The van der Waals surface area contributed by atoms with Crippen LogP contribution in [0, 0.1) is 10.1 Å².